The van der Waals surface area contributed by atoms with E-state index in [1.54, 1.807) is 0 Å². The van der Waals surface area contributed by atoms with E-state index in [9.17, 15) is 0 Å². The number of guanidine groups is 1. The van der Waals surface area contributed by atoms with Crippen molar-refractivity contribution in [3.8, 4) is 0 Å². The predicted octanol–water partition coefficient (Wildman–Crippen LogP) is 3.28. The quantitative estimate of drug-likeness (QED) is 0.362. The molecule has 1 heterocycles. The van der Waals surface area contributed by atoms with E-state index in [1.165, 1.54) is 5.56 Å². The molecule has 26 heavy (non-hydrogen) atoms. The smallest absolute Gasteiger partial charge is 0.191 e. The van der Waals surface area contributed by atoms with Crippen molar-refractivity contribution in [2.24, 2.45) is 10.9 Å². The van der Waals surface area contributed by atoms with Crippen molar-refractivity contribution in [1.82, 2.24) is 15.5 Å². The molecule has 2 rings (SSSR count). The van der Waals surface area contributed by atoms with Crippen LogP contribution in [-0.2, 0) is 4.74 Å². The average Bonchev–Trinajstić information content (AvgIpc) is 2.60. The maximum Gasteiger partial charge on any atom is 0.191 e. The van der Waals surface area contributed by atoms with E-state index in [0.717, 1.165) is 38.7 Å². The molecule has 2 unspecified atom stereocenters. The number of hydrogen-bond donors (Lipinski definition) is 2. The van der Waals surface area contributed by atoms with Crippen LogP contribution in [-0.4, -0.2) is 56.3 Å². The Morgan fingerprint density at radius 1 is 1.27 bits per heavy atom. The molecule has 0 amide bonds. The lowest BCUT2D eigenvalue weighted by Crippen LogP contribution is -2.46. The molecule has 1 aliphatic heterocycles. The molecule has 1 aromatic rings. The van der Waals surface area contributed by atoms with Crippen molar-refractivity contribution < 1.29 is 4.74 Å². The van der Waals surface area contributed by atoms with E-state index < -0.39 is 0 Å². The molecule has 1 saturated heterocycles. The Labute approximate surface area is 176 Å². The number of benzene rings is 1. The first-order chi connectivity index (χ1) is 12.1. The lowest BCUT2D eigenvalue weighted by atomic mass is 10.1. The lowest BCUT2D eigenvalue weighted by molar-refractivity contribution is -0.0262. The molecule has 2 N–H and O–H groups in total. The zero-order valence-corrected chi connectivity index (χ0v) is 18.9. The molecule has 0 bridgehead atoms. The molecule has 2 atom stereocenters. The molecule has 1 aliphatic rings. The second-order valence-corrected chi connectivity index (χ2v) is 7.14. The Hall–Kier alpha value is -0.860. The Bertz CT molecular complexity index is 524. The third kappa shape index (κ3) is 8.22. The van der Waals surface area contributed by atoms with Crippen LogP contribution in [0.5, 0.6) is 0 Å². The summed E-state index contributed by atoms with van der Waals surface area (Å²) < 4.78 is 5.90. The van der Waals surface area contributed by atoms with Gasteiger partial charge in [0.2, 0.25) is 0 Å². The van der Waals surface area contributed by atoms with Crippen LogP contribution < -0.4 is 10.6 Å². The summed E-state index contributed by atoms with van der Waals surface area (Å²) in [5.74, 6) is 1.54. The molecule has 1 aromatic carbocycles. The first kappa shape index (κ1) is 23.2. The van der Waals surface area contributed by atoms with Gasteiger partial charge >= 0.3 is 0 Å². The summed E-state index contributed by atoms with van der Waals surface area (Å²) in [6.45, 7) is 14.2. The second kappa shape index (κ2) is 12.5. The van der Waals surface area contributed by atoms with Gasteiger partial charge in [0.15, 0.2) is 5.96 Å². The summed E-state index contributed by atoms with van der Waals surface area (Å²) in [5.41, 5.74) is 1.25. The molecule has 0 saturated carbocycles. The van der Waals surface area contributed by atoms with Gasteiger partial charge in [0.05, 0.1) is 25.3 Å². The van der Waals surface area contributed by atoms with Crippen LogP contribution in [0.2, 0.25) is 0 Å². The molecule has 148 valence electrons. The monoisotopic (exact) mass is 474 g/mol. The SMILES string of the molecule is CCNC(=NCC1CN(CC(C)C)CCO1)NC(C)c1ccccc1.I. The Morgan fingerprint density at radius 3 is 2.65 bits per heavy atom. The Balaban J connectivity index is 0.00000338. The number of morpholine rings is 1. The summed E-state index contributed by atoms with van der Waals surface area (Å²) in [7, 11) is 0. The summed E-state index contributed by atoms with van der Waals surface area (Å²) in [6, 6.07) is 10.7. The molecular weight excluding hydrogens is 439 g/mol. The highest BCUT2D eigenvalue weighted by Gasteiger charge is 2.21. The standard InChI is InChI=1S/C20H34N4O.HI/c1-5-21-20(23-17(4)18-9-7-6-8-10-18)22-13-19-15-24(11-12-25-19)14-16(2)3;/h6-10,16-17,19H,5,11-15H2,1-4H3,(H2,21,22,23);1H. The van der Waals surface area contributed by atoms with E-state index in [0.29, 0.717) is 12.5 Å². The molecule has 6 heteroatoms. The van der Waals surface area contributed by atoms with Crippen molar-refractivity contribution in [1.29, 1.82) is 0 Å². The number of nitrogens with zero attached hydrogens (tertiary/aromatic N) is 2. The van der Waals surface area contributed by atoms with Crippen LogP contribution in [0.1, 0.15) is 39.3 Å². The van der Waals surface area contributed by atoms with E-state index in [-0.39, 0.29) is 36.1 Å². The molecule has 1 fully saturated rings. The van der Waals surface area contributed by atoms with Crippen molar-refractivity contribution in [2.75, 3.05) is 39.3 Å². The number of ether oxygens (including phenoxy) is 1. The fraction of sp³-hybridized carbons (Fsp3) is 0.650. The number of halogens is 1. The molecule has 0 spiro atoms. The summed E-state index contributed by atoms with van der Waals surface area (Å²) in [5, 5.41) is 6.82. The number of hydrogen-bond acceptors (Lipinski definition) is 3. The van der Waals surface area contributed by atoms with Gasteiger partial charge in [-0.1, -0.05) is 44.2 Å². The largest absolute Gasteiger partial charge is 0.374 e. The van der Waals surface area contributed by atoms with Crippen LogP contribution in [0.4, 0.5) is 0 Å². The van der Waals surface area contributed by atoms with Crippen LogP contribution >= 0.6 is 24.0 Å². The van der Waals surface area contributed by atoms with Gasteiger partial charge in [-0.05, 0) is 25.3 Å². The highest BCUT2D eigenvalue weighted by Crippen LogP contribution is 2.11. The van der Waals surface area contributed by atoms with E-state index >= 15 is 0 Å². The van der Waals surface area contributed by atoms with Crippen LogP contribution in [0.15, 0.2) is 35.3 Å². The maximum absolute atomic E-state index is 5.90. The molecule has 0 aromatic heterocycles. The number of nitrogens with one attached hydrogen (secondary N) is 2. The molecular formula is C20H35IN4O. The van der Waals surface area contributed by atoms with Gasteiger partial charge in [-0.3, -0.25) is 9.89 Å². The van der Waals surface area contributed by atoms with E-state index in [4.69, 9.17) is 9.73 Å². The minimum atomic E-state index is 0. The predicted molar refractivity (Wildman–Crippen MR) is 120 cm³/mol. The van der Waals surface area contributed by atoms with E-state index in [2.05, 4.69) is 67.5 Å². The number of aliphatic imine (C=N–C) groups is 1. The molecule has 0 radical (unpaired) electrons. The normalized spacial score (nSPS) is 19.7. The van der Waals surface area contributed by atoms with Gasteiger partial charge in [0.25, 0.3) is 0 Å². The van der Waals surface area contributed by atoms with Crippen molar-refractivity contribution in [2.45, 2.75) is 39.8 Å². The molecule has 0 aliphatic carbocycles. The Kier molecular flexibility index (Phi) is 11.2. The van der Waals surface area contributed by atoms with Gasteiger partial charge < -0.3 is 15.4 Å². The van der Waals surface area contributed by atoms with Crippen LogP contribution in [0.25, 0.3) is 0 Å². The zero-order chi connectivity index (χ0) is 18.1. The highest BCUT2D eigenvalue weighted by molar-refractivity contribution is 14.0. The fourth-order valence-corrected chi connectivity index (χ4v) is 3.12. The summed E-state index contributed by atoms with van der Waals surface area (Å²) >= 11 is 0. The minimum absolute atomic E-state index is 0. The second-order valence-electron chi connectivity index (χ2n) is 7.14. The van der Waals surface area contributed by atoms with Gasteiger partial charge in [-0.2, -0.15) is 0 Å². The minimum Gasteiger partial charge on any atom is -0.374 e. The summed E-state index contributed by atoms with van der Waals surface area (Å²) in [6.07, 6.45) is 0.176. The van der Waals surface area contributed by atoms with Gasteiger partial charge in [-0.25, -0.2) is 0 Å². The third-order valence-electron chi connectivity index (χ3n) is 4.30. The van der Waals surface area contributed by atoms with Gasteiger partial charge in [-0.15, -0.1) is 24.0 Å². The van der Waals surface area contributed by atoms with Crippen LogP contribution in [0, 0.1) is 5.92 Å². The van der Waals surface area contributed by atoms with Crippen molar-refractivity contribution >= 4 is 29.9 Å². The van der Waals surface area contributed by atoms with Crippen molar-refractivity contribution in [3.63, 3.8) is 0 Å². The highest BCUT2D eigenvalue weighted by atomic mass is 127. The Morgan fingerprint density at radius 2 is 2.00 bits per heavy atom. The van der Waals surface area contributed by atoms with E-state index in [1.807, 2.05) is 6.07 Å². The third-order valence-corrected chi connectivity index (χ3v) is 4.30. The fourth-order valence-electron chi connectivity index (χ4n) is 3.12. The first-order valence-electron chi connectivity index (χ1n) is 9.52. The van der Waals surface area contributed by atoms with Crippen LogP contribution in [0.3, 0.4) is 0 Å². The van der Waals surface area contributed by atoms with Gasteiger partial charge in [0.1, 0.15) is 0 Å². The van der Waals surface area contributed by atoms with Gasteiger partial charge in [0, 0.05) is 26.2 Å². The maximum atomic E-state index is 5.90. The van der Waals surface area contributed by atoms with Crippen molar-refractivity contribution in [3.05, 3.63) is 35.9 Å². The molecule has 5 nitrogen and oxygen atoms in total. The topological polar surface area (TPSA) is 48.9 Å². The number of rotatable bonds is 7. The lowest BCUT2D eigenvalue weighted by Gasteiger charge is -2.33. The average molecular weight is 474 g/mol. The first-order valence-corrected chi connectivity index (χ1v) is 9.52. The summed E-state index contributed by atoms with van der Waals surface area (Å²) in [4.78, 5) is 7.25. The zero-order valence-electron chi connectivity index (χ0n) is 16.6.